The number of benzene rings is 1. The number of aromatic nitrogens is 1. The molecular formula is C15H13N3. The fourth-order valence-corrected chi connectivity index (χ4v) is 2.36. The summed E-state index contributed by atoms with van der Waals surface area (Å²) >= 11 is 0. The Morgan fingerprint density at radius 2 is 2.17 bits per heavy atom. The van der Waals surface area contributed by atoms with Gasteiger partial charge in [0.1, 0.15) is 17.6 Å². The highest BCUT2D eigenvalue weighted by atomic mass is 15.2. The highest BCUT2D eigenvalue weighted by Gasteiger charge is 2.21. The Labute approximate surface area is 106 Å². The summed E-state index contributed by atoms with van der Waals surface area (Å²) in [4.78, 5) is 6.55. The molecular weight excluding hydrogens is 222 g/mol. The minimum absolute atomic E-state index is 0.466. The monoisotopic (exact) mass is 235 g/mol. The minimum atomic E-state index is 0.466. The van der Waals surface area contributed by atoms with Crippen LogP contribution in [-0.4, -0.2) is 11.5 Å². The van der Waals surface area contributed by atoms with Gasteiger partial charge >= 0.3 is 0 Å². The summed E-state index contributed by atoms with van der Waals surface area (Å²) in [6.45, 7) is 3.02. The topological polar surface area (TPSA) is 39.9 Å². The van der Waals surface area contributed by atoms with Crippen molar-refractivity contribution in [1.29, 1.82) is 5.26 Å². The van der Waals surface area contributed by atoms with Crippen LogP contribution in [0.3, 0.4) is 0 Å². The maximum Gasteiger partial charge on any atom is 0.142 e. The number of aryl methyl sites for hydroxylation is 1. The zero-order valence-electron chi connectivity index (χ0n) is 10.2. The molecule has 0 spiro atoms. The van der Waals surface area contributed by atoms with Crippen LogP contribution in [0.4, 0.5) is 11.5 Å². The lowest BCUT2D eigenvalue weighted by Crippen LogP contribution is -2.15. The molecule has 88 valence electrons. The number of hydrogen-bond acceptors (Lipinski definition) is 3. The van der Waals surface area contributed by atoms with Gasteiger partial charge in [-0.2, -0.15) is 5.26 Å². The van der Waals surface area contributed by atoms with Crippen molar-refractivity contribution in [3.05, 3.63) is 53.2 Å². The summed E-state index contributed by atoms with van der Waals surface area (Å²) < 4.78 is 0. The number of nitriles is 1. The molecule has 0 atom stereocenters. The number of anilines is 2. The first kappa shape index (κ1) is 10.8. The normalized spacial score (nSPS) is 13.2. The van der Waals surface area contributed by atoms with E-state index in [1.54, 1.807) is 6.07 Å². The Balaban J connectivity index is 2.06. The van der Waals surface area contributed by atoms with Gasteiger partial charge in [0.15, 0.2) is 0 Å². The second-order valence-electron chi connectivity index (χ2n) is 4.53. The third-order valence-corrected chi connectivity index (χ3v) is 3.26. The van der Waals surface area contributed by atoms with Gasteiger partial charge in [-0.25, -0.2) is 4.98 Å². The molecule has 1 aliphatic heterocycles. The molecule has 0 unspecified atom stereocenters. The quantitative estimate of drug-likeness (QED) is 0.763. The molecule has 0 amide bonds. The molecule has 0 N–H and O–H groups in total. The van der Waals surface area contributed by atoms with E-state index in [-0.39, 0.29) is 0 Å². The fraction of sp³-hybridized carbons (Fsp3) is 0.200. The predicted octanol–water partition coefficient (Wildman–Crippen LogP) is 2.96. The molecule has 0 aliphatic carbocycles. The van der Waals surface area contributed by atoms with Gasteiger partial charge in [-0.1, -0.05) is 18.2 Å². The lowest BCUT2D eigenvalue weighted by atomic mass is 10.1. The van der Waals surface area contributed by atoms with Crippen LogP contribution < -0.4 is 4.90 Å². The molecule has 2 aromatic rings. The van der Waals surface area contributed by atoms with Crippen molar-refractivity contribution in [2.24, 2.45) is 0 Å². The SMILES string of the molecule is Cc1ccc2c(c1)N(c1cccc(C#N)n1)CC2. The lowest BCUT2D eigenvalue weighted by Gasteiger charge is -2.18. The van der Waals surface area contributed by atoms with Crippen LogP contribution >= 0.6 is 0 Å². The molecule has 18 heavy (non-hydrogen) atoms. The minimum Gasteiger partial charge on any atom is -0.326 e. The van der Waals surface area contributed by atoms with E-state index >= 15 is 0 Å². The second kappa shape index (κ2) is 4.15. The van der Waals surface area contributed by atoms with Crippen molar-refractivity contribution in [2.75, 3.05) is 11.4 Å². The Hall–Kier alpha value is -2.34. The maximum absolute atomic E-state index is 8.91. The van der Waals surface area contributed by atoms with Crippen LogP contribution in [0.1, 0.15) is 16.8 Å². The largest absolute Gasteiger partial charge is 0.326 e. The first-order valence-corrected chi connectivity index (χ1v) is 6.02. The summed E-state index contributed by atoms with van der Waals surface area (Å²) in [5.74, 6) is 0.860. The summed E-state index contributed by atoms with van der Waals surface area (Å²) in [5, 5.41) is 8.91. The molecule has 3 nitrogen and oxygen atoms in total. The number of hydrogen-bond donors (Lipinski definition) is 0. The molecule has 0 saturated carbocycles. The Kier molecular flexibility index (Phi) is 2.49. The Bertz CT molecular complexity index is 640. The summed E-state index contributed by atoms with van der Waals surface area (Å²) in [7, 11) is 0. The number of rotatable bonds is 1. The summed E-state index contributed by atoms with van der Waals surface area (Å²) in [6.07, 6.45) is 1.04. The fourth-order valence-electron chi connectivity index (χ4n) is 2.36. The van der Waals surface area contributed by atoms with Crippen molar-refractivity contribution in [2.45, 2.75) is 13.3 Å². The van der Waals surface area contributed by atoms with Gasteiger partial charge in [0.25, 0.3) is 0 Å². The highest BCUT2D eigenvalue weighted by Crippen LogP contribution is 2.34. The van der Waals surface area contributed by atoms with Crippen molar-refractivity contribution in [1.82, 2.24) is 4.98 Å². The molecule has 1 aromatic heterocycles. The predicted molar refractivity (Wildman–Crippen MR) is 70.8 cm³/mol. The smallest absolute Gasteiger partial charge is 0.142 e. The van der Waals surface area contributed by atoms with Crippen molar-refractivity contribution < 1.29 is 0 Å². The van der Waals surface area contributed by atoms with E-state index in [0.29, 0.717) is 5.69 Å². The van der Waals surface area contributed by atoms with E-state index < -0.39 is 0 Å². The van der Waals surface area contributed by atoms with Crippen LogP contribution in [0.2, 0.25) is 0 Å². The average molecular weight is 235 g/mol. The third kappa shape index (κ3) is 1.72. The number of fused-ring (bicyclic) bond motifs is 1. The molecule has 1 aliphatic rings. The average Bonchev–Trinajstić information content (AvgIpc) is 2.81. The van der Waals surface area contributed by atoms with Gasteiger partial charge in [0.2, 0.25) is 0 Å². The molecule has 2 heterocycles. The van der Waals surface area contributed by atoms with Crippen LogP contribution in [-0.2, 0) is 6.42 Å². The van der Waals surface area contributed by atoms with Crippen LogP contribution in [0, 0.1) is 18.3 Å². The first-order valence-electron chi connectivity index (χ1n) is 6.02. The van der Waals surface area contributed by atoms with Crippen LogP contribution in [0.15, 0.2) is 36.4 Å². The third-order valence-electron chi connectivity index (χ3n) is 3.26. The molecule has 0 radical (unpaired) electrons. The molecule has 0 fully saturated rings. The van der Waals surface area contributed by atoms with Gasteiger partial charge in [0, 0.05) is 12.2 Å². The first-order chi connectivity index (χ1) is 8.78. The number of nitrogens with zero attached hydrogens (tertiary/aromatic N) is 3. The van der Waals surface area contributed by atoms with Gasteiger partial charge < -0.3 is 4.90 Å². The Morgan fingerprint density at radius 3 is 3.00 bits per heavy atom. The summed E-state index contributed by atoms with van der Waals surface area (Å²) in [6, 6.07) is 14.2. The molecule has 3 heteroatoms. The van der Waals surface area contributed by atoms with Gasteiger partial charge in [-0.3, -0.25) is 0 Å². The second-order valence-corrected chi connectivity index (χ2v) is 4.53. The Morgan fingerprint density at radius 1 is 1.28 bits per heavy atom. The van der Waals surface area contributed by atoms with E-state index in [1.165, 1.54) is 16.8 Å². The standard InChI is InChI=1S/C15H13N3/c1-11-5-6-12-7-8-18(14(12)9-11)15-4-2-3-13(10-16)17-15/h2-6,9H,7-8H2,1H3. The zero-order chi connectivity index (χ0) is 12.5. The number of pyridine rings is 1. The van der Waals surface area contributed by atoms with E-state index in [0.717, 1.165) is 18.8 Å². The van der Waals surface area contributed by atoms with Crippen molar-refractivity contribution in [3.63, 3.8) is 0 Å². The summed E-state index contributed by atoms with van der Waals surface area (Å²) in [5.41, 5.74) is 4.29. The van der Waals surface area contributed by atoms with E-state index in [1.807, 2.05) is 12.1 Å². The van der Waals surface area contributed by atoms with Crippen LogP contribution in [0.5, 0.6) is 0 Å². The van der Waals surface area contributed by atoms with Crippen molar-refractivity contribution >= 4 is 11.5 Å². The van der Waals surface area contributed by atoms with Crippen LogP contribution in [0.25, 0.3) is 0 Å². The molecule has 1 aromatic carbocycles. The van der Waals surface area contributed by atoms with E-state index in [9.17, 15) is 0 Å². The van der Waals surface area contributed by atoms with E-state index in [2.05, 4.69) is 41.1 Å². The molecule has 0 bridgehead atoms. The van der Waals surface area contributed by atoms with Crippen molar-refractivity contribution in [3.8, 4) is 6.07 Å². The molecule has 3 rings (SSSR count). The van der Waals surface area contributed by atoms with E-state index in [4.69, 9.17) is 5.26 Å². The highest BCUT2D eigenvalue weighted by molar-refractivity contribution is 5.68. The van der Waals surface area contributed by atoms with Gasteiger partial charge in [0.05, 0.1) is 0 Å². The molecule has 0 saturated heterocycles. The zero-order valence-corrected chi connectivity index (χ0v) is 10.2. The maximum atomic E-state index is 8.91. The van der Waals surface area contributed by atoms with Gasteiger partial charge in [-0.15, -0.1) is 0 Å². The van der Waals surface area contributed by atoms with Gasteiger partial charge in [-0.05, 0) is 42.7 Å². The lowest BCUT2D eigenvalue weighted by molar-refractivity contribution is 0.971.